The van der Waals surface area contributed by atoms with Gasteiger partial charge in [0.2, 0.25) is 12.3 Å². The summed E-state index contributed by atoms with van der Waals surface area (Å²) in [7, 11) is -1.22. The van der Waals surface area contributed by atoms with Crippen LogP contribution in [0, 0.1) is 5.82 Å². The van der Waals surface area contributed by atoms with E-state index in [9.17, 15) is 23.9 Å². The van der Waals surface area contributed by atoms with E-state index in [1.165, 1.54) is 6.07 Å². The van der Waals surface area contributed by atoms with E-state index in [1.807, 2.05) is 13.8 Å². The molecule has 1 aromatic carbocycles. The van der Waals surface area contributed by atoms with Crippen molar-refractivity contribution < 1.29 is 23.9 Å². The minimum Gasteiger partial charge on any atom is -0.390 e. The van der Waals surface area contributed by atoms with Gasteiger partial charge in [-0.1, -0.05) is 18.2 Å². The van der Waals surface area contributed by atoms with Gasteiger partial charge in [-0.15, -0.1) is 0 Å². The van der Waals surface area contributed by atoms with Crippen LogP contribution in [0.25, 0.3) is 0 Å². The van der Waals surface area contributed by atoms with Crippen LogP contribution >= 0.6 is 10.0 Å². The first-order chi connectivity index (χ1) is 18.0. The van der Waals surface area contributed by atoms with Crippen molar-refractivity contribution in [3.8, 4) is 0 Å². The number of carbonyl (C=O) groups excluding carboxylic acids is 3. The fourth-order valence-corrected chi connectivity index (χ4v) is 7.81. The van der Waals surface area contributed by atoms with Gasteiger partial charge >= 0.3 is 6.03 Å². The summed E-state index contributed by atoms with van der Waals surface area (Å²) in [6, 6.07) is 4.90. The van der Waals surface area contributed by atoms with E-state index >= 15 is 0 Å². The molecule has 2 aliphatic rings. The van der Waals surface area contributed by atoms with E-state index < -0.39 is 43.8 Å². The molecule has 1 fully saturated rings. The first-order valence-electron chi connectivity index (χ1n) is 13.1. The van der Waals surface area contributed by atoms with E-state index in [0.29, 0.717) is 17.7 Å². The molecular formula is C28H40FN5O4S. The van der Waals surface area contributed by atoms with Crippen molar-refractivity contribution in [1.82, 2.24) is 20.0 Å². The van der Waals surface area contributed by atoms with Gasteiger partial charge < -0.3 is 20.6 Å². The lowest BCUT2D eigenvalue weighted by molar-refractivity contribution is -0.120. The average Bonchev–Trinajstić information content (AvgIpc) is 3.24. The first kappa shape index (κ1) is 29.1. The Hall–Kier alpha value is -2.92. The van der Waals surface area contributed by atoms with Gasteiger partial charge in [-0.2, -0.15) is 9.78 Å². The Labute approximate surface area is 230 Å². The van der Waals surface area contributed by atoms with Crippen molar-refractivity contribution in [1.29, 1.82) is 0 Å². The third kappa shape index (κ3) is 5.18. The molecule has 0 bridgehead atoms. The number of halogens is 1. The average molecular weight is 562 g/mol. The zero-order valence-corrected chi connectivity index (χ0v) is 24.6. The van der Waals surface area contributed by atoms with E-state index in [1.54, 1.807) is 36.9 Å². The second-order valence-electron chi connectivity index (χ2n) is 12.6. The van der Waals surface area contributed by atoms with Crippen LogP contribution in [0.3, 0.4) is 0 Å². The van der Waals surface area contributed by atoms with Crippen LogP contribution in [-0.4, -0.2) is 67.3 Å². The molecule has 0 spiro atoms. The number of fused-ring (bicyclic) bond motifs is 1. The molecule has 1 aliphatic carbocycles. The third-order valence-electron chi connectivity index (χ3n) is 8.19. The van der Waals surface area contributed by atoms with E-state index in [0.717, 1.165) is 23.9 Å². The van der Waals surface area contributed by atoms with Crippen LogP contribution in [0.4, 0.5) is 15.0 Å². The number of nitrogens with zero attached hydrogens (tertiary/aromatic N) is 3. The zero-order chi connectivity index (χ0) is 29.0. The summed E-state index contributed by atoms with van der Waals surface area (Å²) in [4.78, 5) is 40.7. The molecule has 1 aromatic heterocycles. The lowest BCUT2D eigenvalue weighted by Gasteiger charge is -2.53. The van der Waals surface area contributed by atoms with Crippen LogP contribution < -0.4 is 10.6 Å². The van der Waals surface area contributed by atoms with Gasteiger partial charge in [-0.05, 0) is 71.8 Å². The molecule has 4 rings (SSSR count). The second-order valence-corrected chi connectivity index (χ2v) is 17.0. The highest BCUT2D eigenvalue weighted by molar-refractivity contribution is 8.33. The van der Waals surface area contributed by atoms with Crippen LogP contribution in [0.2, 0.25) is 0 Å². The number of rotatable bonds is 8. The SMILES string of the molecule is CC(C)(O)CC(NC(=O)N1Cc2c(nn(C=O)c2NC(=O)C2(S(C)(C)C)CCC2)C1(C)C)c1ccccc1F. The number of anilines is 1. The summed E-state index contributed by atoms with van der Waals surface area (Å²) in [5, 5.41) is 20.9. The van der Waals surface area contributed by atoms with Crippen molar-refractivity contribution in [2.24, 2.45) is 0 Å². The van der Waals surface area contributed by atoms with Crippen molar-refractivity contribution in [3.05, 3.63) is 46.9 Å². The maximum atomic E-state index is 14.7. The summed E-state index contributed by atoms with van der Waals surface area (Å²) in [6.07, 6.45) is 9.61. The summed E-state index contributed by atoms with van der Waals surface area (Å²) in [6.45, 7) is 6.93. The predicted octanol–water partition coefficient (Wildman–Crippen LogP) is 4.28. The highest BCUT2D eigenvalue weighted by Gasteiger charge is 2.52. The molecule has 0 radical (unpaired) electrons. The smallest absolute Gasteiger partial charge is 0.318 e. The molecule has 1 unspecified atom stereocenters. The van der Waals surface area contributed by atoms with Crippen LogP contribution in [0.1, 0.15) is 76.2 Å². The highest BCUT2D eigenvalue weighted by atomic mass is 32.3. The number of carbonyl (C=O) groups is 3. The van der Waals surface area contributed by atoms with E-state index in [-0.39, 0.29) is 30.3 Å². The Morgan fingerprint density at radius 2 is 1.87 bits per heavy atom. The predicted molar refractivity (Wildman–Crippen MR) is 152 cm³/mol. The lowest BCUT2D eigenvalue weighted by Crippen LogP contribution is -2.52. The number of benzene rings is 1. The maximum absolute atomic E-state index is 14.7. The normalized spacial score (nSPS) is 19.1. The molecule has 1 saturated carbocycles. The second kappa shape index (κ2) is 9.92. The molecule has 2 aromatic rings. The number of amides is 3. The number of hydrogen-bond acceptors (Lipinski definition) is 5. The largest absolute Gasteiger partial charge is 0.390 e. The fraction of sp³-hybridized carbons (Fsp3) is 0.571. The van der Waals surface area contributed by atoms with Crippen LogP contribution in [0.15, 0.2) is 24.3 Å². The topological polar surface area (TPSA) is 117 Å². The van der Waals surface area contributed by atoms with Crippen LogP contribution in [-0.2, 0) is 21.7 Å². The van der Waals surface area contributed by atoms with Gasteiger partial charge in [-0.3, -0.25) is 9.59 Å². The molecule has 214 valence electrons. The number of aromatic nitrogens is 2. The number of nitrogens with one attached hydrogen (secondary N) is 2. The summed E-state index contributed by atoms with van der Waals surface area (Å²) < 4.78 is 15.4. The molecule has 3 N–H and O–H groups in total. The molecule has 39 heavy (non-hydrogen) atoms. The minimum absolute atomic E-state index is 0.0923. The summed E-state index contributed by atoms with van der Waals surface area (Å²) in [5.74, 6) is -0.313. The molecule has 1 aliphatic heterocycles. The molecule has 3 amide bonds. The van der Waals surface area contributed by atoms with Crippen LogP contribution in [0.5, 0.6) is 0 Å². The standard InChI is InChI=1S/C28H40FN5O4S/c1-26(2,38)15-21(18-11-8-9-12-20(18)29)30-25(37)33-16-19-22(27(33,3)4)32-34(17-35)23(19)31-24(36)28(13-10-14-28)39(5,6)7/h8-9,11-12,17,21,38H,10,13-16H2,1-7H3,(H,30,37)(H,31,36). The van der Waals surface area contributed by atoms with Gasteiger partial charge in [0.05, 0.1) is 34.2 Å². The van der Waals surface area contributed by atoms with Gasteiger partial charge in [0.15, 0.2) is 0 Å². The summed E-state index contributed by atoms with van der Waals surface area (Å²) >= 11 is 0. The van der Waals surface area contributed by atoms with Gasteiger partial charge in [-0.25, -0.2) is 19.2 Å². The minimum atomic E-state index is -1.22. The lowest BCUT2D eigenvalue weighted by atomic mass is 9.83. The van der Waals surface area contributed by atoms with Gasteiger partial charge in [0.25, 0.3) is 0 Å². The van der Waals surface area contributed by atoms with Gasteiger partial charge in [0.1, 0.15) is 11.6 Å². The van der Waals surface area contributed by atoms with Crippen molar-refractivity contribution in [3.63, 3.8) is 0 Å². The molecule has 11 heteroatoms. The number of hydrogen-bond donors (Lipinski definition) is 3. The summed E-state index contributed by atoms with van der Waals surface area (Å²) in [5.41, 5.74) is -0.712. The molecule has 1 atom stereocenters. The van der Waals surface area contributed by atoms with Gasteiger partial charge in [0, 0.05) is 17.5 Å². The Morgan fingerprint density at radius 3 is 2.38 bits per heavy atom. The Morgan fingerprint density at radius 1 is 1.23 bits per heavy atom. The maximum Gasteiger partial charge on any atom is 0.318 e. The quantitative estimate of drug-likeness (QED) is 0.416. The molecule has 9 nitrogen and oxygen atoms in total. The Bertz CT molecular complexity index is 1290. The molecular weight excluding hydrogens is 521 g/mol. The zero-order valence-electron chi connectivity index (χ0n) is 23.8. The van der Waals surface area contributed by atoms with Crippen molar-refractivity contribution in [2.45, 2.75) is 81.9 Å². The number of aliphatic hydroxyl groups is 1. The monoisotopic (exact) mass is 561 g/mol. The Kier molecular flexibility index (Phi) is 7.40. The van der Waals surface area contributed by atoms with E-state index in [2.05, 4.69) is 34.5 Å². The Balaban J connectivity index is 1.63. The third-order valence-corrected chi connectivity index (χ3v) is 11.1. The van der Waals surface area contributed by atoms with Crippen molar-refractivity contribution in [2.75, 3.05) is 24.1 Å². The number of urea groups is 1. The molecule has 2 heterocycles. The highest BCUT2D eigenvalue weighted by Crippen LogP contribution is 2.60. The van der Waals surface area contributed by atoms with Crippen molar-refractivity contribution >= 4 is 34.2 Å². The molecule has 0 saturated heterocycles. The first-order valence-corrected chi connectivity index (χ1v) is 16.0. The van der Waals surface area contributed by atoms with E-state index in [4.69, 9.17) is 0 Å². The fourth-order valence-electron chi connectivity index (χ4n) is 5.69.